The van der Waals surface area contributed by atoms with Crippen molar-refractivity contribution in [3.8, 4) is 0 Å². The van der Waals surface area contributed by atoms with Crippen LogP contribution in [0.3, 0.4) is 0 Å². The Morgan fingerprint density at radius 1 is 1.57 bits per heavy atom. The number of hydrogen-bond donors (Lipinski definition) is 2. The first kappa shape index (κ1) is 9.68. The van der Waals surface area contributed by atoms with Gasteiger partial charge in [-0.25, -0.2) is 9.97 Å². The molecule has 76 valence electrons. The van der Waals surface area contributed by atoms with Gasteiger partial charge in [0.25, 0.3) is 0 Å². The molecule has 1 aliphatic rings. The van der Waals surface area contributed by atoms with Crippen LogP contribution >= 0.6 is 11.6 Å². The molecule has 0 unspecified atom stereocenters. The monoisotopic (exact) mass is 213 g/mol. The van der Waals surface area contributed by atoms with Crippen molar-refractivity contribution in [2.75, 3.05) is 11.9 Å². The van der Waals surface area contributed by atoms with Crippen LogP contribution in [-0.2, 0) is 0 Å². The van der Waals surface area contributed by atoms with E-state index in [9.17, 15) is 0 Å². The van der Waals surface area contributed by atoms with Crippen molar-refractivity contribution in [1.29, 1.82) is 0 Å². The summed E-state index contributed by atoms with van der Waals surface area (Å²) in [6.45, 7) is 0.838. The zero-order valence-electron chi connectivity index (χ0n) is 7.65. The van der Waals surface area contributed by atoms with Crippen LogP contribution < -0.4 is 5.32 Å². The van der Waals surface area contributed by atoms with Crippen molar-refractivity contribution in [3.63, 3.8) is 0 Å². The highest BCUT2D eigenvalue weighted by atomic mass is 35.5. The van der Waals surface area contributed by atoms with Crippen LogP contribution in [0.5, 0.6) is 0 Å². The van der Waals surface area contributed by atoms with Crippen LogP contribution in [0.15, 0.2) is 12.3 Å². The second-order valence-corrected chi connectivity index (χ2v) is 3.92. The lowest BCUT2D eigenvalue weighted by atomic mass is 9.82. The van der Waals surface area contributed by atoms with E-state index in [1.807, 2.05) is 0 Å². The molecule has 5 heteroatoms. The van der Waals surface area contributed by atoms with Crippen LogP contribution in [0.25, 0.3) is 0 Å². The van der Waals surface area contributed by atoms with Gasteiger partial charge in [0.1, 0.15) is 5.82 Å². The highest BCUT2D eigenvalue weighted by Crippen LogP contribution is 2.27. The maximum atomic E-state index is 9.09. The molecule has 0 spiro atoms. The number of aliphatic hydroxyl groups is 1. The third-order valence-electron chi connectivity index (χ3n) is 2.41. The van der Waals surface area contributed by atoms with Crippen molar-refractivity contribution < 1.29 is 5.11 Å². The summed E-state index contributed by atoms with van der Waals surface area (Å²) in [5.41, 5.74) is 0. The predicted molar refractivity (Wildman–Crippen MR) is 54.3 cm³/mol. The fourth-order valence-electron chi connectivity index (χ4n) is 1.55. The molecule has 2 N–H and O–H groups in total. The largest absolute Gasteiger partial charge is 0.393 e. The SMILES string of the molecule is OC1CC(CNc2ccnc(Cl)n2)C1. The van der Waals surface area contributed by atoms with Gasteiger partial charge in [0.15, 0.2) is 0 Å². The number of nitrogens with zero attached hydrogens (tertiary/aromatic N) is 2. The van der Waals surface area contributed by atoms with Gasteiger partial charge >= 0.3 is 0 Å². The molecule has 1 aromatic heterocycles. The number of nitrogens with one attached hydrogen (secondary N) is 1. The van der Waals surface area contributed by atoms with Crippen molar-refractivity contribution in [2.24, 2.45) is 5.92 Å². The second kappa shape index (κ2) is 4.11. The van der Waals surface area contributed by atoms with Gasteiger partial charge in [0, 0.05) is 12.7 Å². The van der Waals surface area contributed by atoms with E-state index >= 15 is 0 Å². The summed E-state index contributed by atoms with van der Waals surface area (Å²) in [7, 11) is 0. The summed E-state index contributed by atoms with van der Waals surface area (Å²) >= 11 is 5.63. The van der Waals surface area contributed by atoms with Crippen LogP contribution in [0.2, 0.25) is 5.28 Å². The summed E-state index contributed by atoms with van der Waals surface area (Å²) in [5, 5.41) is 12.5. The molecule has 0 aromatic carbocycles. The molecular weight excluding hydrogens is 202 g/mol. The van der Waals surface area contributed by atoms with E-state index in [4.69, 9.17) is 16.7 Å². The average molecular weight is 214 g/mol. The normalized spacial score (nSPS) is 25.6. The van der Waals surface area contributed by atoms with Gasteiger partial charge in [-0.3, -0.25) is 0 Å². The molecule has 4 nitrogen and oxygen atoms in total. The summed E-state index contributed by atoms with van der Waals surface area (Å²) in [6.07, 6.45) is 3.28. The number of aromatic nitrogens is 2. The highest BCUT2D eigenvalue weighted by molar-refractivity contribution is 6.28. The van der Waals surface area contributed by atoms with Crippen LogP contribution in [0.1, 0.15) is 12.8 Å². The number of aliphatic hydroxyl groups excluding tert-OH is 1. The highest BCUT2D eigenvalue weighted by Gasteiger charge is 2.26. The number of anilines is 1. The maximum Gasteiger partial charge on any atom is 0.224 e. The molecule has 14 heavy (non-hydrogen) atoms. The fourth-order valence-corrected chi connectivity index (χ4v) is 1.70. The van der Waals surface area contributed by atoms with Crippen LogP contribution in [0, 0.1) is 5.92 Å². The van der Waals surface area contributed by atoms with Gasteiger partial charge in [0.05, 0.1) is 6.10 Å². The summed E-state index contributed by atoms with van der Waals surface area (Å²) in [5.74, 6) is 1.30. The van der Waals surface area contributed by atoms with Crippen molar-refractivity contribution in [1.82, 2.24) is 9.97 Å². The lowest BCUT2D eigenvalue weighted by Crippen LogP contribution is -2.33. The summed E-state index contributed by atoms with van der Waals surface area (Å²) < 4.78 is 0. The molecule has 1 saturated carbocycles. The van der Waals surface area contributed by atoms with E-state index in [1.54, 1.807) is 12.3 Å². The molecule has 1 heterocycles. The molecule has 1 fully saturated rings. The molecule has 0 bridgehead atoms. The molecule has 0 saturated heterocycles. The molecule has 1 aliphatic carbocycles. The van der Waals surface area contributed by atoms with E-state index in [1.165, 1.54) is 0 Å². The Morgan fingerprint density at radius 3 is 3.00 bits per heavy atom. The summed E-state index contributed by atoms with van der Waals surface area (Å²) in [4.78, 5) is 7.79. The Balaban J connectivity index is 1.80. The zero-order valence-corrected chi connectivity index (χ0v) is 8.41. The Bertz CT molecular complexity index is 315. The minimum absolute atomic E-state index is 0.101. The van der Waals surface area contributed by atoms with Crippen molar-refractivity contribution in [3.05, 3.63) is 17.5 Å². The molecule has 0 aliphatic heterocycles. The summed E-state index contributed by atoms with van der Waals surface area (Å²) in [6, 6.07) is 1.78. The van der Waals surface area contributed by atoms with Crippen molar-refractivity contribution >= 4 is 17.4 Å². The molecule has 2 rings (SSSR count). The van der Waals surface area contributed by atoms with Gasteiger partial charge in [-0.05, 0) is 36.4 Å². The smallest absolute Gasteiger partial charge is 0.224 e. The van der Waals surface area contributed by atoms with Gasteiger partial charge in [-0.2, -0.15) is 0 Å². The molecule has 0 amide bonds. The Labute approximate surface area is 87.3 Å². The third kappa shape index (κ3) is 2.33. The molecular formula is C9H12ClN3O. The number of hydrogen-bond acceptors (Lipinski definition) is 4. The van der Waals surface area contributed by atoms with E-state index in [-0.39, 0.29) is 11.4 Å². The Kier molecular flexibility index (Phi) is 2.84. The minimum Gasteiger partial charge on any atom is -0.393 e. The lowest BCUT2D eigenvalue weighted by Gasteiger charge is -2.31. The predicted octanol–water partition coefficient (Wildman–Crippen LogP) is 1.31. The minimum atomic E-state index is -0.101. The second-order valence-electron chi connectivity index (χ2n) is 3.58. The first-order chi connectivity index (χ1) is 6.74. The van der Waals surface area contributed by atoms with Gasteiger partial charge < -0.3 is 10.4 Å². The third-order valence-corrected chi connectivity index (χ3v) is 2.59. The Morgan fingerprint density at radius 2 is 2.36 bits per heavy atom. The molecule has 1 aromatic rings. The van der Waals surface area contributed by atoms with Crippen LogP contribution in [-0.4, -0.2) is 27.7 Å². The zero-order chi connectivity index (χ0) is 9.97. The van der Waals surface area contributed by atoms with Crippen molar-refractivity contribution in [2.45, 2.75) is 18.9 Å². The fraction of sp³-hybridized carbons (Fsp3) is 0.556. The van der Waals surface area contributed by atoms with E-state index < -0.39 is 0 Å². The lowest BCUT2D eigenvalue weighted by molar-refractivity contribution is 0.0486. The first-order valence-electron chi connectivity index (χ1n) is 4.64. The average Bonchev–Trinajstić information content (AvgIpc) is 2.11. The van der Waals surface area contributed by atoms with Gasteiger partial charge in [-0.15, -0.1) is 0 Å². The number of halogens is 1. The molecule has 0 radical (unpaired) electrons. The van der Waals surface area contributed by atoms with Gasteiger partial charge in [0.2, 0.25) is 5.28 Å². The first-order valence-corrected chi connectivity index (χ1v) is 5.02. The quantitative estimate of drug-likeness (QED) is 0.744. The van der Waals surface area contributed by atoms with E-state index in [2.05, 4.69) is 15.3 Å². The van der Waals surface area contributed by atoms with Crippen LogP contribution in [0.4, 0.5) is 5.82 Å². The molecule has 0 atom stereocenters. The number of rotatable bonds is 3. The maximum absolute atomic E-state index is 9.09. The van der Waals surface area contributed by atoms with E-state index in [0.717, 1.165) is 25.2 Å². The topological polar surface area (TPSA) is 58.0 Å². The van der Waals surface area contributed by atoms with Gasteiger partial charge in [-0.1, -0.05) is 0 Å². The standard InChI is InChI=1S/C9H12ClN3O/c10-9-11-2-1-8(13-9)12-5-6-3-7(14)4-6/h1-2,6-7,14H,3-5H2,(H,11,12,13). The Hall–Kier alpha value is -0.870. The van der Waals surface area contributed by atoms with E-state index in [0.29, 0.717) is 5.92 Å².